The van der Waals surface area contributed by atoms with Crippen LogP contribution in [0.15, 0.2) is 65.0 Å². The molecule has 9 heteroatoms. The maximum Gasteiger partial charge on any atom is 0.338 e. The van der Waals surface area contributed by atoms with Gasteiger partial charge in [-0.15, -0.1) is 5.10 Å². The first kappa shape index (κ1) is 28.7. The minimum Gasteiger partial charge on any atom is -0.494 e. The van der Waals surface area contributed by atoms with E-state index in [0.29, 0.717) is 46.9 Å². The number of nitrogens with one attached hydrogen (secondary N) is 1. The zero-order chi connectivity index (χ0) is 27.6. The third-order valence-corrected chi connectivity index (χ3v) is 7.45. The average molecular weight is 553 g/mol. The van der Waals surface area contributed by atoms with Crippen LogP contribution < -0.4 is 10.1 Å². The van der Waals surface area contributed by atoms with Crippen LogP contribution in [-0.2, 0) is 15.3 Å². The Morgan fingerprint density at radius 2 is 1.79 bits per heavy atom. The first-order valence-electron chi connectivity index (χ1n) is 13.7. The summed E-state index contributed by atoms with van der Waals surface area (Å²) < 4.78 is 27.4. The first-order valence-corrected chi connectivity index (χ1v) is 14.7. The van der Waals surface area contributed by atoms with E-state index >= 15 is 0 Å². The smallest absolute Gasteiger partial charge is 0.338 e. The Kier molecular flexibility index (Phi) is 10.4. The molecule has 208 valence electrons. The van der Waals surface area contributed by atoms with E-state index in [4.69, 9.17) is 14.6 Å². The van der Waals surface area contributed by atoms with Crippen molar-refractivity contribution in [1.29, 1.82) is 0 Å². The SMILES string of the molecule is CCCCCCOc1ccc(C2C(C(=O)OCCCC)=C(C)Nc3nc(SCc4ccccc4F)nn32)cc1. The first-order chi connectivity index (χ1) is 19.0. The fourth-order valence-electron chi connectivity index (χ4n) is 4.37. The van der Waals surface area contributed by atoms with E-state index in [2.05, 4.69) is 24.1 Å². The van der Waals surface area contributed by atoms with Gasteiger partial charge in [0.25, 0.3) is 0 Å². The van der Waals surface area contributed by atoms with Crippen molar-refractivity contribution in [3.8, 4) is 5.75 Å². The van der Waals surface area contributed by atoms with Crippen molar-refractivity contribution in [2.75, 3.05) is 18.5 Å². The standard InChI is InChI=1S/C30H37FN4O3S/c1-4-6-8-11-19-37-24-16-14-22(15-17-24)27-26(28(36)38-18-7-5-2)21(3)32-29-33-30(34-35(27)29)39-20-23-12-9-10-13-25(23)31/h9-10,12-17,27H,4-8,11,18-20H2,1-3H3,(H,32,33,34). The molecule has 1 unspecified atom stereocenters. The molecule has 39 heavy (non-hydrogen) atoms. The van der Waals surface area contributed by atoms with Gasteiger partial charge in [0, 0.05) is 11.4 Å². The maximum absolute atomic E-state index is 14.1. The second kappa shape index (κ2) is 14.2. The van der Waals surface area contributed by atoms with Crippen LogP contribution in [0.1, 0.15) is 76.5 Å². The van der Waals surface area contributed by atoms with E-state index in [0.717, 1.165) is 37.0 Å². The molecule has 2 heterocycles. The van der Waals surface area contributed by atoms with Gasteiger partial charge in [0.2, 0.25) is 11.1 Å². The van der Waals surface area contributed by atoms with Crippen LogP contribution in [0.4, 0.5) is 10.3 Å². The maximum atomic E-state index is 14.1. The Labute approximate surface area is 234 Å². The van der Waals surface area contributed by atoms with Crippen molar-refractivity contribution in [1.82, 2.24) is 14.8 Å². The predicted molar refractivity (Wildman–Crippen MR) is 152 cm³/mol. The quantitative estimate of drug-likeness (QED) is 0.128. The van der Waals surface area contributed by atoms with Crippen LogP contribution in [0.25, 0.3) is 0 Å². The lowest BCUT2D eigenvalue weighted by atomic mass is 9.96. The molecule has 1 atom stereocenters. The van der Waals surface area contributed by atoms with Gasteiger partial charge >= 0.3 is 5.97 Å². The molecular formula is C30H37FN4O3S. The molecule has 3 aromatic rings. The van der Waals surface area contributed by atoms with Crippen LogP contribution in [0.5, 0.6) is 5.75 Å². The number of ether oxygens (including phenoxy) is 2. The van der Waals surface area contributed by atoms with Gasteiger partial charge in [-0.2, -0.15) is 4.98 Å². The molecule has 1 aliphatic rings. The number of hydrogen-bond donors (Lipinski definition) is 1. The molecule has 0 bridgehead atoms. The highest BCUT2D eigenvalue weighted by molar-refractivity contribution is 7.98. The number of esters is 1. The van der Waals surface area contributed by atoms with Crippen molar-refractivity contribution in [2.45, 2.75) is 76.2 Å². The lowest BCUT2D eigenvalue weighted by Gasteiger charge is -2.28. The van der Waals surface area contributed by atoms with Crippen molar-refractivity contribution < 1.29 is 18.7 Å². The third kappa shape index (κ3) is 7.41. The summed E-state index contributed by atoms with van der Waals surface area (Å²) in [6.45, 7) is 7.13. The number of fused-ring (bicyclic) bond motifs is 1. The van der Waals surface area contributed by atoms with Crippen molar-refractivity contribution in [3.63, 3.8) is 0 Å². The fraction of sp³-hybridized carbons (Fsp3) is 0.433. The number of nitrogens with zero attached hydrogens (tertiary/aromatic N) is 3. The van der Waals surface area contributed by atoms with E-state index in [1.807, 2.05) is 37.3 Å². The van der Waals surface area contributed by atoms with Gasteiger partial charge in [0.15, 0.2) is 0 Å². The van der Waals surface area contributed by atoms with Crippen molar-refractivity contribution >= 4 is 23.7 Å². The number of anilines is 1. The lowest BCUT2D eigenvalue weighted by Crippen LogP contribution is -2.29. The molecule has 0 aliphatic carbocycles. The second-order valence-electron chi connectivity index (χ2n) is 9.58. The van der Waals surface area contributed by atoms with Crippen LogP contribution in [0.3, 0.4) is 0 Å². The highest BCUT2D eigenvalue weighted by Crippen LogP contribution is 2.37. The van der Waals surface area contributed by atoms with E-state index in [1.165, 1.54) is 30.7 Å². The summed E-state index contributed by atoms with van der Waals surface area (Å²) in [6, 6.07) is 13.9. The van der Waals surface area contributed by atoms with Crippen molar-refractivity contribution in [3.05, 3.63) is 76.7 Å². The number of unbranched alkanes of at least 4 members (excludes halogenated alkanes) is 4. The molecule has 0 saturated carbocycles. The van der Waals surface area contributed by atoms with Crippen LogP contribution in [-0.4, -0.2) is 33.9 Å². The number of halogens is 1. The highest BCUT2D eigenvalue weighted by Gasteiger charge is 2.35. The molecule has 1 aliphatic heterocycles. The van der Waals surface area contributed by atoms with Gasteiger partial charge in [-0.25, -0.2) is 13.9 Å². The summed E-state index contributed by atoms with van der Waals surface area (Å²) in [5, 5.41) is 8.44. The Bertz CT molecular complexity index is 1280. The lowest BCUT2D eigenvalue weighted by molar-refractivity contribution is -0.139. The Morgan fingerprint density at radius 3 is 2.54 bits per heavy atom. The third-order valence-electron chi connectivity index (χ3n) is 6.56. The molecule has 0 amide bonds. The monoisotopic (exact) mass is 552 g/mol. The molecule has 1 N–H and O–H groups in total. The van der Waals surface area contributed by atoms with Gasteiger partial charge in [0.05, 0.1) is 18.8 Å². The van der Waals surface area contributed by atoms with E-state index in [1.54, 1.807) is 16.8 Å². The zero-order valence-electron chi connectivity index (χ0n) is 22.9. The Balaban J connectivity index is 1.58. The number of carbonyl (C=O) groups excluding carboxylic acids is 1. The average Bonchev–Trinajstić information content (AvgIpc) is 3.34. The number of aromatic nitrogens is 3. The van der Waals surface area contributed by atoms with Crippen LogP contribution in [0, 0.1) is 5.82 Å². The van der Waals surface area contributed by atoms with Gasteiger partial charge in [-0.3, -0.25) is 0 Å². The summed E-state index contributed by atoms with van der Waals surface area (Å²) in [5.74, 6) is 1.07. The molecule has 0 radical (unpaired) electrons. The van der Waals surface area contributed by atoms with E-state index in [9.17, 15) is 9.18 Å². The highest BCUT2D eigenvalue weighted by atomic mass is 32.2. The molecule has 0 spiro atoms. The van der Waals surface area contributed by atoms with Crippen LogP contribution in [0.2, 0.25) is 0 Å². The minimum atomic E-state index is -0.524. The molecular weight excluding hydrogens is 515 g/mol. The van der Waals surface area contributed by atoms with Gasteiger partial charge in [-0.1, -0.05) is 81.6 Å². The second-order valence-corrected chi connectivity index (χ2v) is 10.5. The number of thioether (sulfide) groups is 1. The van der Waals surface area contributed by atoms with Gasteiger partial charge < -0.3 is 14.8 Å². The molecule has 4 rings (SSSR count). The Morgan fingerprint density at radius 1 is 1.03 bits per heavy atom. The summed E-state index contributed by atoms with van der Waals surface area (Å²) in [6.07, 6.45) is 6.31. The Hall–Kier alpha value is -3.33. The summed E-state index contributed by atoms with van der Waals surface area (Å²) in [7, 11) is 0. The fourth-order valence-corrected chi connectivity index (χ4v) is 5.19. The summed E-state index contributed by atoms with van der Waals surface area (Å²) >= 11 is 1.35. The molecule has 0 fully saturated rings. The van der Waals surface area contributed by atoms with Crippen molar-refractivity contribution in [2.24, 2.45) is 0 Å². The number of benzene rings is 2. The zero-order valence-corrected chi connectivity index (χ0v) is 23.7. The van der Waals surface area contributed by atoms with Gasteiger partial charge in [-0.05, 0) is 49.1 Å². The molecule has 2 aromatic carbocycles. The molecule has 0 saturated heterocycles. The molecule has 1 aromatic heterocycles. The van der Waals surface area contributed by atoms with Crippen LogP contribution >= 0.6 is 11.8 Å². The normalized spacial score (nSPS) is 14.6. The number of rotatable bonds is 14. The largest absolute Gasteiger partial charge is 0.494 e. The molecule has 7 nitrogen and oxygen atoms in total. The summed E-state index contributed by atoms with van der Waals surface area (Å²) in [5.41, 5.74) is 2.61. The number of allylic oxidation sites excluding steroid dienone is 1. The topological polar surface area (TPSA) is 78.3 Å². The van der Waals surface area contributed by atoms with E-state index in [-0.39, 0.29) is 11.8 Å². The van der Waals surface area contributed by atoms with Gasteiger partial charge in [0.1, 0.15) is 17.6 Å². The van der Waals surface area contributed by atoms with E-state index < -0.39 is 6.04 Å². The predicted octanol–water partition coefficient (Wildman–Crippen LogP) is 7.30. The summed E-state index contributed by atoms with van der Waals surface area (Å²) in [4.78, 5) is 17.9. The minimum absolute atomic E-state index is 0.257. The number of hydrogen-bond acceptors (Lipinski definition) is 7. The number of carbonyl (C=O) groups is 1.